The van der Waals surface area contributed by atoms with E-state index in [0.717, 1.165) is 5.56 Å². The SMILES string of the molecule is CC(=O)NCCC(=O)NC(CO)Cc1ccccc1. The van der Waals surface area contributed by atoms with Crippen molar-refractivity contribution in [2.24, 2.45) is 0 Å². The van der Waals surface area contributed by atoms with Crippen LogP contribution < -0.4 is 10.6 Å². The van der Waals surface area contributed by atoms with E-state index in [1.165, 1.54) is 6.92 Å². The van der Waals surface area contributed by atoms with Crippen molar-refractivity contribution in [1.29, 1.82) is 0 Å². The maximum atomic E-state index is 11.6. The van der Waals surface area contributed by atoms with Crippen molar-refractivity contribution in [1.82, 2.24) is 10.6 Å². The Kier molecular flexibility index (Phi) is 6.60. The molecule has 0 radical (unpaired) electrons. The molecule has 1 unspecified atom stereocenters. The van der Waals surface area contributed by atoms with Gasteiger partial charge in [-0.25, -0.2) is 0 Å². The molecule has 5 nitrogen and oxygen atoms in total. The maximum absolute atomic E-state index is 11.6. The smallest absolute Gasteiger partial charge is 0.222 e. The number of carbonyl (C=O) groups is 2. The minimum atomic E-state index is -0.299. The van der Waals surface area contributed by atoms with E-state index in [4.69, 9.17) is 0 Å². The minimum absolute atomic E-state index is 0.110. The van der Waals surface area contributed by atoms with Crippen LogP contribution in [0.25, 0.3) is 0 Å². The fourth-order valence-electron chi connectivity index (χ4n) is 1.71. The summed E-state index contributed by atoms with van der Waals surface area (Å²) in [6.45, 7) is 1.61. The van der Waals surface area contributed by atoms with Gasteiger partial charge in [0.05, 0.1) is 12.6 Å². The summed E-state index contributed by atoms with van der Waals surface area (Å²) in [4.78, 5) is 22.3. The van der Waals surface area contributed by atoms with Crippen LogP contribution >= 0.6 is 0 Å². The Hall–Kier alpha value is -1.88. The highest BCUT2D eigenvalue weighted by Crippen LogP contribution is 2.03. The Morgan fingerprint density at radius 3 is 2.53 bits per heavy atom. The summed E-state index contributed by atoms with van der Waals surface area (Å²) in [5.41, 5.74) is 1.06. The summed E-state index contributed by atoms with van der Waals surface area (Å²) in [6, 6.07) is 9.36. The van der Waals surface area contributed by atoms with Gasteiger partial charge in [0.15, 0.2) is 0 Å². The molecule has 1 atom stereocenters. The van der Waals surface area contributed by atoms with Gasteiger partial charge < -0.3 is 15.7 Å². The van der Waals surface area contributed by atoms with Gasteiger partial charge in [-0.05, 0) is 12.0 Å². The Labute approximate surface area is 113 Å². The molecule has 0 saturated heterocycles. The first kappa shape index (κ1) is 15.2. The van der Waals surface area contributed by atoms with E-state index in [9.17, 15) is 14.7 Å². The third-order valence-corrected chi connectivity index (χ3v) is 2.64. The average Bonchev–Trinajstić information content (AvgIpc) is 2.38. The molecule has 104 valence electrons. The molecule has 3 N–H and O–H groups in total. The highest BCUT2D eigenvalue weighted by atomic mass is 16.3. The predicted octanol–water partition coefficient (Wildman–Crippen LogP) is 0.232. The lowest BCUT2D eigenvalue weighted by Crippen LogP contribution is -2.40. The van der Waals surface area contributed by atoms with E-state index >= 15 is 0 Å². The van der Waals surface area contributed by atoms with E-state index in [0.29, 0.717) is 13.0 Å². The van der Waals surface area contributed by atoms with Crippen LogP contribution in [-0.2, 0) is 16.0 Å². The molecular weight excluding hydrogens is 244 g/mol. The van der Waals surface area contributed by atoms with Gasteiger partial charge in [0, 0.05) is 19.9 Å². The quantitative estimate of drug-likeness (QED) is 0.660. The monoisotopic (exact) mass is 264 g/mol. The minimum Gasteiger partial charge on any atom is -0.394 e. The molecule has 0 saturated carbocycles. The molecule has 1 aromatic carbocycles. The summed E-state index contributed by atoms with van der Waals surface area (Å²) in [6.07, 6.45) is 0.800. The molecule has 0 aliphatic rings. The number of amides is 2. The Morgan fingerprint density at radius 2 is 1.95 bits per heavy atom. The number of nitrogens with one attached hydrogen (secondary N) is 2. The zero-order chi connectivity index (χ0) is 14.1. The van der Waals surface area contributed by atoms with E-state index in [1.807, 2.05) is 30.3 Å². The van der Waals surface area contributed by atoms with Crippen LogP contribution in [0.3, 0.4) is 0 Å². The molecule has 1 rings (SSSR count). The number of rotatable bonds is 7. The first-order chi connectivity index (χ1) is 9.11. The molecule has 5 heteroatoms. The summed E-state index contributed by atoms with van der Waals surface area (Å²) in [7, 11) is 0. The van der Waals surface area contributed by atoms with Crippen LogP contribution in [0, 0.1) is 0 Å². The number of aliphatic hydroxyl groups excluding tert-OH is 1. The second kappa shape index (κ2) is 8.26. The number of carbonyl (C=O) groups excluding carboxylic acids is 2. The first-order valence-corrected chi connectivity index (χ1v) is 6.30. The number of hydrogen-bond donors (Lipinski definition) is 3. The number of benzene rings is 1. The molecule has 0 fully saturated rings. The van der Waals surface area contributed by atoms with Gasteiger partial charge in [0.1, 0.15) is 0 Å². The first-order valence-electron chi connectivity index (χ1n) is 6.30. The molecule has 0 aromatic heterocycles. The van der Waals surface area contributed by atoms with Gasteiger partial charge in [0.2, 0.25) is 11.8 Å². The van der Waals surface area contributed by atoms with Crippen molar-refractivity contribution in [3.05, 3.63) is 35.9 Å². The highest BCUT2D eigenvalue weighted by Gasteiger charge is 2.11. The van der Waals surface area contributed by atoms with Crippen molar-refractivity contribution in [2.45, 2.75) is 25.8 Å². The van der Waals surface area contributed by atoms with E-state index in [1.54, 1.807) is 0 Å². The Balaban J connectivity index is 2.35. The van der Waals surface area contributed by atoms with Crippen molar-refractivity contribution in [3.8, 4) is 0 Å². The van der Waals surface area contributed by atoms with Gasteiger partial charge >= 0.3 is 0 Å². The zero-order valence-electron chi connectivity index (χ0n) is 11.1. The molecule has 0 aliphatic carbocycles. The van der Waals surface area contributed by atoms with Gasteiger partial charge in [-0.15, -0.1) is 0 Å². The maximum Gasteiger partial charge on any atom is 0.222 e. The lowest BCUT2D eigenvalue weighted by molar-refractivity contribution is -0.122. The van der Waals surface area contributed by atoms with Gasteiger partial charge in [-0.1, -0.05) is 30.3 Å². The predicted molar refractivity (Wildman–Crippen MR) is 72.5 cm³/mol. The third-order valence-electron chi connectivity index (χ3n) is 2.64. The Bertz CT molecular complexity index is 406. The van der Waals surface area contributed by atoms with Crippen molar-refractivity contribution < 1.29 is 14.7 Å². The molecule has 0 bridgehead atoms. The lowest BCUT2D eigenvalue weighted by Gasteiger charge is -2.16. The van der Waals surface area contributed by atoms with Gasteiger partial charge in [-0.2, -0.15) is 0 Å². The van der Waals surface area contributed by atoms with Gasteiger partial charge in [0.25, 0.3) is 0 Å². The molecule has 2 amide bonds. The number of aliphatic hydroxyl groups is 1. The zero-order valence-corrected chi connectivity index (χ0v) is 11.1. The van der Waals surface area contributed by atoms with Crippen LogP contribution in [0.4, 0.5) is 0 Å². The number of hydrogen-bond acceptors (Lipinski definition) is 3. The second-order valence-electron chi connectivity index (χ2n) is 4.37. The summed E-state index contributed by atoms with van der Waals surface area (Å²) < 4.78 is 0. The third kappa shape index (κ3) is 6.57. The normalized spacial score (nSPS) is 11.7. The summed E-state index contributed by atoms with van der Waals surface area (Å²) in [5, 5.41) is 14.6. The fraction of sp³-hybridized carbons (Fsp3) is 0.429. The Morgan fingerprint density at radius 1 is 1.26 bits per heavy atom. The average molecular weight is 264 g/mol. The van der Waals surface area contributed by atoms with E-state index in [2.05, 4.69) is 10.6 Å². The molecule has 0 spiro atoms. The molecule has 0 heterocycles. The molecular formula is C14H20N2O3. The van der Waals surface area contributed by atoms with Crippen molar-refractivity contribution in [3.63, 3.8) is 0 Å². The van der Waals surface area contributed by atoms with Crippen molar-refractivity contribution >= 4 is 11.8 Å². The molecule has 1 aromatic rings. The van der Waals surface area contributed by atoms with Crippen LogP contribution in [0.15, 0.2) is 30.3 Å². The second-order valence-corrected chi connectivity index (χ2v) is 4.37. The highest BCUT2D eigenvalue weighted by molar-refractivity contribution is 5.78. The van der Waals surface area contributed by atoms with Crippen LogP contribution in [-0.4, -0.2) is 36.1 Å². The van der Waals surface area contributed by atoms with Crippen molar-refractivity contribution in [2.75, 3.05) is 13.2 Å². The molecule has 19 heavy (non-hydrogen) atoms. The standard InChI is InChI=1S/C14H20N2O3/c1-11(18)15-8-7-14(19)16-13(10-17)9-12-5-3-2-4-6-12/h2-6,13,17H,7-10H2,1H3,(H,15,18)(H,16,19). The lowest BCUT2D eigenvalue weighted by atomic mass is 10.1. The van der Waals surface area contributed by atoms with Crippen LogP contribution in [0.1, 0.15) is 18.9 Å². The van der Waals surface area contributed by atoms with Crippen LogP contribution in [0.2, 0.25) is 0 Å². The molecule has 0 aliphatic heterocycles. The van der Waals surface area contributed by atoms with E-state index in [-0.39, 0.29) is 30.9 Å². The summed E-state index contributed by atoms with van der Waals surface area (Å²) in [5.74, 6) is -0.334. The topological polar surface area (TPSA) is 78.4 Å². The largest absolute Gasteiger partial charge is 0.394 e. The summed E-state index contributed by atoms with van der Waals surface area (Å²) >= 11 is 0. The fourth-order valence-corrected chi connectivity index (χ4v) is 1.71. The van der Waals surface area contributed by atoms with Crippen LogP contribution in [0.5, 0.6) is 0 Å². The van der Waals surface area contributed by atoms with E-state index < -0.39 is 0 Å². The van der Waals surface area contributed by atoms with Gasteiger partial charge in [-0.3, -0.25) is 9.59 Å².